The summed E-state index contributed by atoms with van der Waals surface area (Å²) in [5.41, 5.74) is 11.7. The van der Waals surface area contributed by atoms with E-state index in [9.17, 15) is 0 Å². The van der Waals surface area contributed by atoms with E-state index in [0.29, 0.717) is 11.6 Å². The lowest BCUT2D eigenvalue weighted by atomic mass is 10.1. The van der Waals surface area contributed by atoms with Gasteiger partial charge in [-0.05, 0) is 43.3 Å². The number of aryl methyl sites for hydroxylation is 1. The van der Waals surface area contributed by atoms with Crippen molar-refractivity contribution in [3.63, 3.8) is 0 Å². The first kappa shape index (κ1) is 20.0. The maximum Gasteiger partial charge on any atom is 0.292 e. The summed E-state index contributed by atoms with van der Waals surface area (Å²) < 4.78 is 7.59. The van der Waals surface area contributed by atoms with Gasteiger partial charge in [0.2, 0.25) is 0 Å². The Hall–Kier alpha value is -3.94. The Kier molecular flexibility index (Phi) is 4.97. The van der Waals surface area contributed by atoms with Gasteiger partial charge < -0.3 is 19.6 Å². The van der Waals surface area contributed by atoms with Crippen LogP contribution in [0.3, 0.4) is 0 Å². The monoisotopic (exact) mass is 427 g/mol. The lowest BCUT2D eigenvalue weighted by Gasteiger charge is -2.41. The van der Waals surface area contributed by atoms with Crippen LogP contribution in [-0.2, 0) is 0 Å². The van der Waals surface area contributed by atoms with E-state index < -0.39 is 0 Å². The Balaban J connectivity index is 0.00000105. The molecule has 162 valence electrons. The minimum Gasteiger partial charge on any atom is -0.424 e. The number of oxazole rings is 1. The van der Waals surface area contributed by atoms with E-state index in [2.05, 4.69) is 30.5 Å². The van der Waals surface area contributed by atoms with Crippen LogP contribution < -0.4 is 10.6 Å². The van der Waals surface area contributed by atoms with Crippen molar-refractivity contribution >= 4 is 33.8 Å². The van der Waals surface area contributed by atoms with Gasteiger partial charge in [0.05, 0.1) is 34.7 Å². The fourth-order valence-electron chi connectivity index (χ4n) is 4.05. The fraction of sp³-hybridized carbons (Fsp3) is 0.250. The standard InChI is InChI=1S/C22H19N7O.C2H6/c1-13-24-6-7-29(13)16-11-28(12-16)15-9-19-18(25-10-15)4-3-17(26-19)14-2-5-21-20(8-14)27-22(23)30-21;1-2/h2-10,16H,11-12H2,1H3,(H2,23,27);1-2H3. The van der Waals surface area contributed by atoms with Gasteiger partial charge in [0.15, 0.2) is 5.58 Å². The summed E-state index contributed by atoms with van der Waals surface area (Å²) in [7, 11) is 0. The molecule has 1 aliphatic heterocycles. The normalized spacial score (nSPS) is 13.8. The summed E-state index contributed by atoms with van der Waals surface area (Å²) in [6, 6.07) is 12.5. The molecule has 1 aliphatic rings. The predicted molar refractivity (Wildman–Crippen MR) is 127 cm³/mol. The molecule has 0 atom stereocenters. The van der Waals surface area contributed by atoms with E-state index in [0.717, 1.165) is 52.4 Å². The number of nitrogens with zero attached hydrogens (tertiary/aromatic N) is 6. The third kappa shape index (κ3) is 3.43. The molecule has 0 bridgehead atoms. The Morgan fingerprint density at radius 3 is 2.59 bits per heavy atom. The largest absolute Gasteiger partial charge is 0.424 e. The highest BCUT2D eigenvalue weighted by atomic mass is 16.4. The number of hydrogen-bond acceptors (Lipinski definition) is 7. The molecule has 6 rings (SSSR count). The molecule has 0 aliphatic carbocycles. The zero-order valence-electron chi connectivity index (χ0n) is 18.4. The molecule has 1 saturated heterocycles. The molecule has 0 amide bonds. The van der Waals surface area contributed by atoms with Crippen molar-refractivity contribution in [3.05, 3.63) is 60.8 Å². The van der Waals surface area contributed by atoms with Gasteiger partial charge in [-0.2, -0.15) is 4.98 Å². The van der Waals surface area contributed by atoms with Crippen LogP contribution in [-0.4, -0.2) is 37.6 Å². The number of rotatable bonds is 3. The summed E-state index contributed by atoms with van der Waals surface area (Å²) in [4.78, 5) is 20.3. The number of anilines is 2. The molecule has 0 radical (unpaired) electrons. The topological polar surface area (TPSA) is 98.9 Å². The van der Waals surface area contributed by atoms with E-state index in [4.69, 9.17) is 15.1 Å². The van der Waals surface area contributed by atoms with Crippen molar-refractivity contribution in [1.82, 2.24) is 24.5 Å². The molecule has 2 N–H and O–H groups in total. The van der Waals surface area contributed by atoms with Gasteiger partial charge >= 0.3 is 0 Å². The maximum absolute atomic E-state index is 5.65. The molecule has 8 nitrogen and oxygen atoms in total. The minimum atomic E-state index is 0.168. The average Bonchev–Trinajstić information content (AvgIpc) is 3.37. The maximum atomic E-state index is 5.65. The quantitative estimate of drug-likeness (QED) is 0.449. The number of nitrogen functional groups attached to an aromatic ring is 1. The SMILES string of the molecule is CC.Cc1nccn1C1CN(c2cnc3ccc(-c4ccc5oc(N)nc5c4)nc3c2)C1. The van der Waals surface area contributed by atoms with Crippen LogP contribution in [0.25, 0.3) is 33.4 Å². The molecule has 8 heteroatoms. The third-order valence-corrected chi connectivity index (χ3v) is 5.71. The average molecular weight is 428 g/mol. The first-order valence-corrected chi connectivity index (χ1v) is 10.8. The number of benzene rings is 1. The number of pyridine rings is 2. The van der Waals surface area contributed by atoms with Crippen LogP contribution in [0.5, 0.6) is 0 Å². The summed E-state index contributed by atoms with van der Waals surface area (Å²) in [6.45, 7) is 7.92. The molecule has 1 fully saturated rings. The molecule has 32 heavy (non-hydrogen) atoms. The van der Waals surface area contributed by atoms with Crippen molar-refractivity contribution in [2.75, 3.05) is 23.7 Å². The zero-order valence-corrected chi connectivity index (χ0v) is 18.4. The zero-order chi connectivity index (χ0) is 22.2. The van der Waals surface area contributed by atoms with E-state index in [1.165, 1.54) is 0 Å². The van der Waals surface area contributed by atoms with Crippen LogP contribution in [0.15, 0.2) is 59.4 Å². The van der Waals surface area contributed by atoms with E-state index in [-0.39, 0.29) is 6.01 Å². The number of nitrogens with two attached hydrogens (primary N) is 1. The molecule has 0 unspecified atom stereocenters. The lowest BCUT2D eigenvalue weighted by Crippen LogP contribution is -2.48. The third-order valence-electron chi connectivity index (χ3n) is 5.71. The Morgan fingerprint density at radius 2 is 1.81 bits per heavy atom. The Morgan fingerprint density at radius 1 is 0.969 bits per heavy atom. The van der Waals surface area contributed by atoms with Gasteiger partial charge in [-0.3, -0.25) is 4.98 Å². The number of imidazole rings is 1. The van der Waals surface area contributed by atoms with Crippen molar-refractivity contribution in [1.29, 1.82) is 0 Å². The first-order valence-electron chi connectivity index (χ1n) is 10.8. The van der Waals surface area contributed by atoms with Crippen molar-refractivity contribution < 1.29 is 4.42 Å². The van der Waals surface area contributed by atoms with Gasteiger partial charge in [0.25, 0.3) is 6.01 Å². The second-order valence-corrected chi connectivity index (χ2v) is 7.60. The Labute approximate surface area is 185 Å². The first-order chi connectivity index (χ1) is 15.6. The molecule has 0 spiro atoms. The fourth-order valence-corrected chi connectivity index (χ4v) is 4.05. The summed E-state index contributed by atoms with van der Waals surface area (Å²) >= 11 is 0. The van der Waals surface area contributed by atoms with Crippen molar-refractivity contribution in [2.24, 2.45) is 0 Å². The van der Waals surface area contributed by atoms with Gasteiger partial charge in [-0.15, -0.1) is 0 Å². The summed E-state index contributed by atoms with van der Waals surface area (Å²) in [6.07, 6.45) is 5.82. The predicted octanol–water partition coefficient (Wildman–Crippen LogP) is 4.61. The highest BCUT2D eigenvalue weighted by molar-refractivity contribution is 5.84. The van der Waals surface area contributed by atoms with E-state index in [1.54, 1.807) is 0 Å². The molecule has 4 aromatic heterocycles. The second kappa shape index (κ2) is 7.96. The van der Waals surface area contributed by atoms with Crippen LogP contribution in [0, 0.1) is 6.92 Å². The van der Waals surface area contributed by atoms with Gasteiger partial charge in [-0.25, -0.2) is 9.97 Å². The second-order valence-electron chi connectivity index (χ2n) is 7.60. The summed E-state index contributed by atoms with van der Waals surface area (Å²) in [5, 5.41) is 0. The van der Waals surface area contributed by atoms with Gasteiger partial charge in [0.1, 0.15) is 11.3 Å². The number of fused-ring (bicyclic) bond motifs is 2. The van der Waals surface area contributed by atoms with Crippen LogP contribution in [0.2, 0.25) is 0 Å². The molecular weight excluding hydrogens is 402 g/mol. The van der Waals surface area contributed by atoms with Crippen LogP contribution >= 0.6 is 0 Å². The highest BCUT2D eigenvalue weighted by Crippen LogP contribution is 2.31. The highest BCUT2D eigenvalue weighted by Gasteiger charge is 2.29. The molecule has 0 saturated carbocycles. The van der Waals surface area contributed by atoms with E-state index in [1.807, 2.05) is 69.7 Å². The van der Waals surface area contributed by atoms with Crippen LogP contribution in [0.1, 0.15) is 25.7 Å². The lowest BCUT2D eigenvalue weighted by molar-refractivity contribution is 0.393. The van der Waals surface area contributed by atoms with Gasteiger partial charge in [-0.1, -0.05) is 13.8 Å². The molecular formula is C24H25N7O. The Bertz CT molecular complexity index is 1400. The molecule has 5 aromatic rings. The van der Waals surface area contributed by atoms with Crippen molar-refractivity contribution in [2.45, 2.75) is 26.8 Å². The van der Waals surface area contributed by atoms with Crippen molar-refractivity contribution in [3.8, 4) is 11.3 Å². The van der Waals surface area contributed by atoms with Crippen LogP contribution in [0.4, 0.5) is 11.7 Å². The van der Waals surface area contributed by atoms with E-state index >= 15 is 0 Å². The van der Waals surface area contributed by atoms with Gasteiger partial charge in [0, 0.05) is 31.0 Å². The minimum absolute atomic E-state index is 0.168. The molecule has 5 heterocycles. The molecule has 1 aromatic carbocycles. The number of aromatic nitrogens is 5. The number of hydrogen-bond donors (Lipinski definition) is 1. The summed E-state index contributed by atoms with van der Waals surface area (Å²) in [5.74, 6) is 1.05. The smallest absolute Gasteiger partial charge is 0.292 e.